The molecule has 6 nitrogen and oxygen atoms in total. The molecule has 0 aliphatic heterocycles. The van der Waals surface area contributed by atoms with Crippen LogP contribution in [0.4, 0.5) is 14.5 Å². The monoisotopic (exact) mass is 338 g/mol. The van der Waals surface area contributed by atoms with Gasteiger partial charge >= 0.3 is 5.97 Å². The number of halogens is 3. The number of hydrogen-bond acceptors (Lipinski definition) is 5. The molecule has 19 heavy (non-hydrogen) atoms. The third-order valence-electron chi connectivity index (χ3n) is 2.14. The maximum atomic E-state index is 12.9. The minimum Gasteiger partial charge on any atom is -0.466 e. The van der Waals surface area contributed by atoms with Crippen molar-refractivity contribution in [2.24, 2.45) is 0 Å². The Morgan fingerprint density at radius 3 is 2.74 bits per heavy atom. The normalized spacial score (nSPS) is 10.6. The highest BCUT2D eigenvalue weighted by molar-refractivity contribution is 9.10. The van der Waals surface area contributed by atoms with Crippen LogP contribution in [0.25, 0.3) is 0 Å². The molecular formula is C10H9BrF2N2O4. The van der Waals surface area contributed by atoms with Gasteiger partial charge in [-0.2, -0.15) is 0 Å². The van der Waals surface area contributed by atoms with E-state index in [4.69, 9.17) is 0 Å². The molecule has 0 bridgehead atoms. The van der Waals surface area contributed by atoms with Crippen molar-refractivity contribution in [1.82, 2.24) is 4.98 Å². The summed E-state index contributed by atoms with van der Waals surface area (Å²) >= 11 is 2.79. The number of pyridine rings is 1. The summed E-state index contributed by atoms with van der Waals surface area (Å²) in [5, 5.41) is 10.8. The molecule has 0 spiro atoms. The van der Waals surface area contributed by atoms with E-state index in [9.17, 15) is 23.7 Å². The van der Waals surface area contributed by atoms with Gasteiger partial charge in [0.15, 0.2) is 0 Å². The van der Waals surface area contributed by atoms with Crippen molar-refractivity contribution in [2.45, 2.75) is 19.8 Å². The summed E-state index contributed by atoms with van der Waals surface area (Å²) < 4.78 is 30.3. The highest BCUT2D eigenvalue weighted by Gasteiger charge is 2.30. The van der Waals surface area contributed by atoms with E-state index in [0.717, 1.165) is 6.20 Å². The first-order valence-electron chi connectivity index (χ1n) is 5.13. The van der Waals surface area contributed by atoms with E-state index in [1.165, 1.54) is 0 Å². The predicted molar refractivity (Wildman–Crippen MR) is 63.9 cm³/mol. The number of nitro groups is 1. The highest BCUT2D eigenvalue weighted by atomic mass is 79.9. The molecule has 104 valence electrons. The van der Waals surface area contributed by atoms with Crippen molar-refractivity contribution < 1.29 is 23.2 Å². The van der Waals surface area contributed by atoms with Gasteiger partial charge in [-0.05, 0) is 22.9 Å². The fourth-order valence-corrected chi connectivity index (χ4v) is 1.90. The average molecular weight is 339 g/mol. The molecule has 0 saturated carbocycles. The lowest BCUT2D eigenvalue weighted by Gasteiger charge is -2.09. The molecule has 0 atom stereocenters. The van der Waals surface area contributed by atoms with Crippen LogP contribution < -0.4 is 0 Å². The summed E-state index contributed by atoms with van der Waals surface area (Å²) in [6, 6.07) is 0. The Hall–Kier alpha value is -1.64. The Kier molecular flexibility index (Phi) is 5.28. The number of alkyl halides is 2. The fraction of sp³-hybridized carbons (Fsp3) is 0.400. The Morgan fingerprint density at radius 2 is 2.26 bits per heavy atom. The van der Waals surface area contributed by atoms with E-state index in [1.807, 2.05) is 0 Å². The molecule has 0 saturated heterocycles. The molecular weight excluding hydrogens is 330 g/mol. The molecule has 0 fully saturated rings. The maximum Gasteiger partial charge on any atom is 0.311 e. The van der Waals surface area contributed by atoms with Gasteiger partial charge in [0.25, 0.3) is 12.1 Å². The number of ether oxygens (including phenoxy) is 1. The van der Waals surface area contributed by atoms with Crippen molar-refractivity contribution in [3.05, 3.63) is 32.0 Å². The number of rotatable bonds is 5. The van der Waals surface area contributed by atoms with Crippen molar-refractivity contribution >= 4 is 27.6 Å². The molecule has 1 aromatic heterocycles. The SMILES string of the molecule is CCOC(=O)Cc1ncc(Br)c([N+](=O)[O-])c1C(F)F. The van der Waals surface area contributed by atoms with E-state index < -0.39 is 35.0 Å². The number of hydrogen-bond donors (Lipinski definition) is 0. The average Bonchev–Trinajstić information content (AvgIpc) is 2.30. The van der Waals surface area contributed by atoms with E-state index in [0.29, 0.717) is 0 Å². The quantitative estimate of drug-likeness (QED) is 0.468. The second-order valence-corrected chi connectivity index (χ2v) is 4.21. The van der Waals surface area contributed by atoms with Crippen LogP contribution in [0, 0.1) is 10.1 Å². The zero-order valence-electron chi connectivity index (χ0n) is 9.73. The Balaban J connectivity index is 3.28. The smallest absolute Gasteiger partial charge is 0.311 e. The molecule has 0 N–H and O–H groups in total. The lowest BCUT2D eigenvalue weighted by atomic mass is 10.1. The molecule has 0 radical (unpaired) electrons. The summed E-state index contributed by atoms with van der Waals surface area (Å²) in [4.78, 5) is 24.8. The lowest BCUT2D eigenvalue weighted by molar-refractivity contribution is -0.387. The van der Waals surface area contributed by atoms with Crippen LogP contribution >= 0.6 is 15.9 Å². The van der Waals surface area contributed by atoms with Crippen LogP contribution in [0.15, 0.2) is 10.7 Å². The summed E-state index contributed by atoms with van der Waals surface area (Å²) in [6.45, 7) is 1.64. The minimum absolute atomic E-state index is 0.0848. The Morgan fingerprint density at radius 1 is 1.63 bits per heavy atom. The topological polar surface area (TPSA) is 82.3 Å². The number of aromatic nitrogens is 1. The van der Waals surface area contributed by atoms with Gasteiger partial charge in [-0.3, -0.25) is 19.9 Å². The van der Waals surface area contributed by atoms with Crippen LogP contribution in [0.3, 0.4) is 0 Å². The molecule has 1 rings (SSSR count). The van der Waals surface area contributed by atoms with Crippen LogP contribution in [0.2, 0.25) is 0 Å². The minimum atomic E-state index is -3.12. The molecule has 0 aliphatic carbocycles. The molecule has 0 amide bonds. The number of carbonyl (C=O) groups excluding carboxylic acids is 1. The molecule has 9 heteroatoms. The van der Waals surface area contributed by atoms with E-state index in [1.54, 1.807) is 6.92 Å². The third-order valence-corrected chi connectivity index (χ3v) is 2.72. The molecule has 1 heterocycles. The maximum absolute atomic E-state index is 12.9. The fourth-order valence-electron chi connectivity index (χ4n) is 1.44. The van der Waals surface area contributed by atoms with Crippen molar-refractivity contribution in [3.63, 3.8) is 0 Å². The third kappa shape index (κ3) is 3.66. The van der Waals surface area contributed by atoms with Crippen LogP contribution in [0.1, 0.15) is 24.6 Å². The molecule has 0 unspecified atom stereocenters. The van der Waals surface area contributed by atoms with Gasteiger partial charge in [0.2, 0.25) is 0 Å². The second-order valence-electron chi connectivity index (χ2n) is 3.35. The van der Waals surface area contributed by atoms with E-state index in [-0.39, 0.29) is 16.8 Å². The van der Waals surface area contributed by atoms with Gasteiger partial charge in [-0.1, -0.05) is 0 Å². The first kappa shape index (κ1) is 15.4. The first-order valence-corrected chi connectivity index (χ1v) is 5.93. The molecule has 0 aliphatic rings. The number of esters is 1. The summed E-state index contributed by atoms with van der Waals surface area (Å²) in [5.74, 6) is -0.770. The predicted octanol–water partition coefficient (Wildman–Crippen LogP) is 2.80. The van der Waals surface area contributed by atoms with Gasteiger partial charge in [0.05, 0.1) is 23.6 Å². The number of carbonyl (C=O) groups is 1. The molecule has 0 aromatic carbocycles. The van der Waals surface area contributed by atoms with Crippen molar-refractivity contribution in [1.29, 1.82) is 0 Å². The Bertz CT molecular complexity index is 511. The van der Waals surface area contributed by atoms with Gasteiger partial charge < -0.3 is 4.74 Å². The summed E-state index contributed by atoms with van der Waals surface area (Å²) in [7, 11) is 0. The summed E-state index contributed by atoms with van der Waals surface area (Å²) in [5.41, 5.74) is -2.01. The zero-order valence-corrected chi connectivity index (χ0v) is 11.3. The van der Waals surface area contributed by atoms with Gasteiger partial charge in [0, 0.05) is 6.20 Å². The van der Waals surface area contributed by atoms with Crippen LogP contribution in [0.5, 0.6) is 0 Å². The first-order chi connectivity index (χ1) is 8.88. The highest BCUT2D eigenvalue weighted by Crippen LogP contribution is 2.36. The second kappa shape index (κ2) is 6.50. The van der Waals surface area contributed by atoms with Crippen LogP contribution in [-0.2, 0) is 16.0 Å². The van der Waals surface area contributed by atoms with E-state index in [2.05, 4.69) is 25.7 Å². The zero-order chi connectivity index (χ0) is 14.6. The van der Waals surface area contributed by atoms with Gasteiger partial charge in [-0.25, -0.2) is 8.78 Å². The molecule has 1 aromatic rings. The van der Waals surface area contributed by atoms with E-state index >= 15 is 0 Å². The lowest BCUT2D eigenvalue weighted by Crippen LogP contribution is -2.12. The van der Waals surface area contributed by atoms with Crippen LogP contribution in [-0.4, -0.2) is 22.5 Å². The van der Waals surface area contributed by atoms with Crippen molar-refractivity contribution in [2.75, 3.05) is 6.61 Å². The Labute approximate surface area is 115 Å². The summed E-state index contributed by atoms with van der Waals surface area (Å²) in [6.07, 6.45) is -2.64. The van der Waals surface area contributed by atoms with Gasteiger partial charge in [0.1, 0.15) is 10.0 Å². The van der Waals surface area contributed by atoms with Crippen molar-refractivity contribution in [3.8, 4) is 0 Å². The number of nitrogens with zero attached hydrogens (tertiary/aromatic N) is 2. The standard InChI is InChI=1S/C10H9BrF2N2O4/c1-2-19-7(16)3-6-8(10(12)13)9(15(17)18)5(11)4-14-6/h4,10H,2-3H2,1H3. The largest absolute Gasteiger partial charge is 0.466 e. The van der Waals surface area contributed by atoms with Gasteiger partial charge in [-0.15, -0.1) is 0 Å².